The van der Waals surface area contributed by atoms with E-state index < -0.39 is 32.5 Å². The van der Waals surface area contributed by atoms with E-state index >= 15 is 0 Å². The number of benzene rings is 4. The number of hydrogen-bond donors (Lipinski definition) is 3. The van der Waals surface area contributed by atoms with Gasteiger partial charge in [-0.05, 0) is 41.3 Å². The van der Waals surface area contributed by atoms with Crippen LogP contribution in [0.2, 0.25) is 0 Å². The lowest BCUT2D eigenvalue weighted by atomic mass is 9.99. The molecule has 3 N–H and O–H groups in total. The van der Waals surface area contributed by atoms with E-state index in [-0.39, 0.29) is 23.5 Å². The minimum Gasteiger partial charge on any atom is -0.507 e. The summed E-state index contributed by atoms with van der Waals surface area (Å²) in [5.41, 5.74) is 1.24. The number of fused-ring (bicyclic) bond motifs is 3. The smallest absolute Gasteiger partial charge is 0.416 e. The first kappa shape index (κ1) is 26.3. The fraction of sp³-hybridized carbons (Fsp3) is 0.0800. The van der Waals surface area contributed by atoms with Crippen molar-refractivity contribution in [3.63, 3.8) is 0 Å². The van der Waals surface area contributed by atoms with Gasteiger partial charge in [0.1, 0.15) is 22.8 Å². The molecule has 0 radical (unpaired) electrons. The van der Waals surface area contributed by atoms with E-state index in [0.29, 0.717) is 38.9 Å². The molecule has 0 aliphatic rings. The molecule has 0 amide bonds. The predicted molar refractivity (Wildman–Crippen MR) is 135 cm³/mol. The Bertz CT molecular complexity index is 1770. The van der Waals surface area contributed by atoms with Crippen molar-refractivity contribution in [2.75, 3.05) is 7.11 Å². The summed E-state index contributed by atoms with van der Waals surface area (Å²) in [5, 5.41) is 11.1. The molecule has 7 nitrogen and oxygen atoms in total. The molecule has 0 spiro atoms. The molecule has 12 heteroatoms. The number of nitrogens with zero attached hydrogens (tertiary/aromatic N) is 1. The Hall–Kier alpha value is -3.80. The maximum absolute atomic E-state index is 13.3. The number of ether oxygens (including phenoxy) is 1. The normalized spacial score (nSPS) is 12.0. The largest absolute Gasteiger partial charge is 0.507 e. The van der Waals surface area contributed by atoms with Gasteiger partial charge in [-0.2, -0.15) is 21.6 Å². The third-order valence-corrected chi connectivity index (χ3v) is 6.62. The molecule has 37 heavy (non-hydrogen) atoms. The lowest BCUT2D eigenvalue weighted by Crippen LogP contribution is -2.04. The van der Waals surface area contributed by atoms with Gasteiger partial charge in [-0.25, -0.2) is 4.98 Å². The number of phenols is 1. The Balaban J connectivity index is 0.00000320. The average Bonchev–Trinajstić information content (AvgIpc) is 3.26. The van der Waals surface area contributed by atoms with Gasteiger partial charge in [-0.1, -0.05) is 30.3 Å². The highest BCUT2D eigenvalue weighted by Gasteiger charge is 2.31. The molecular weight excluding hydrogens is 533 g/mol. The SMILES string of the molecule is COc1c(-c2cccc(C(F)(F)F)c2)cccc1-c1nc2c(ccc3cc(S(=O)(=O)O)cc(O)c32)[nH]1.Cl. The van der Waals surface area contributed by atoms with Crippen molar-refractivity contribution in [3.05, 3.63) is 72.3 Å². The molecule has 0 atom stereocenters. The molecule has 0 fully saturated rings. The van der Waals surface area contributed by atoms with Crippen LogP contribution in [-0.4, -0.2) is 35.2 Å². The van der Waals surface area contributed by atoms with Crippen LogP contribution in [0.1, 0.15) is 5.56 Å². The first-order valence-corrected chi connectivity index (χ1v) is 11.9. The molecule has 0 aliphatic carbocycles. The summed E-state index contributed by atoms with van der Waals surface area (Å²) < 4.78 is 77.8. The van der Waals surface area contributed by atoms with Crippen LogP contribution in [0.15, 0.2) is 71.6 Å². The molecular formula is C25H18ClF3N2O5S. The maximum atomic E-state index is 13.3. The maximum Gasteiger partial charge on any atom is 0.416 e. The Labute approximate surface area is 214 Å². The van der Waals surface area contributed by atoms with Crippen LogP contribution in [0.25, 0.3) is 44.3 Å². The summed E-state index contributed by atoms with van der Waals surface area (Å²) in [6, 6.07) is 15.2. The second-order valence-corrected chi connectivity index (χ2v) is 9.45. The van der Waals surface area contributed by atoms with Crippen LogP contribution in [0.3, 0.4) is 0 Å². The van der Waals surface area contributed by atoms with Crippen molar-refractivity contribution in [1.82, 2.24) is 9.97 Å². The molecule has 0 saturated carbocycles. The third-order valence-electron chi connectivity index (χ3n) is 5.79. The average molecular weight is 551 g/mol. The number of aromatic amines is 1. The van der Waals surface area contributed by atoms with Gasteiger partial charge in [0.05, 0.1) is 34.0 Å². The monoisotopic (exact) mass is 550 g/mol. The predicted octanol–water partition coefficient (Wildman–Crippen LogP) is 6.45. The molecule has 1 heterocycles. The van der Waals surface area contributed by atoms with E-state index in [9.17, 15) is 31.2 Å². The zero-order valence-electron chi connectivity index (χ0n) is 18.9. The number of rotatable bonds is 4. The summed E-state index contributed by atoms with van der Waals surface area (Å²) in [6.07, 6.45) is -4.50. The van der Waals surface area contributed by atoms with E-state index in [1.54, 1.807) is 36.4 Å². The Morgan fingerprint density at radius 2 is 1.68 bits per heavy atom. The number of alkyl halides is 3. The quantitative estimate of drug-likeness (QED) is 0.222. The number of para-hydroxylation sites is 1. The number of aromatic nitrogens is 2. The highest BCUT2D eigenvalue weighted by Crippen LogP contribution is 2.41. The van der Waals surface area contributed by atoms with Crippen molar-refractivity contribution in [3.8, 4) is 34.0 Å². The highest BCUT2D eigenvalue weighted by molar-refractivity contribution is 7.85. The molecule has 5 aromatic rings. The first-order chi connectivity index (χ1) is 17.0. The molecule has 1 aromatic heterocycles. The molecule has 5 rings (SSSR count). The molecule has 192 valence electrons. The summed E-state index contributed by atoms with van der Waals surface area (Å²) in [5.74, 6) is 0.216. The van der Waals surface area contributed by atoms with Gasteiger partial charge in [0.15, 0.2) is 0 Å². The number of H-pyrrole nitrogens is 1. The lowest BCUT2D eigenvalue weighted by molar-refractivity contribution is -0.137. The van der Waals surface area contributed by atoms with Crippen molar-refractivity contribution in [2.45, 2.75) is 11.1 Å². The van der Waals surface area contributed by atoms with Gasteiger partial charge >= 0.3 is 6.18 Å². The van der Waals surface area contributed by atoms with Crippen molar-refractivity contribution >= 4 is 44.3 Å². The number of methoxy groups -OCH3 is 1. The zero-order chi connectivity index (χ0) is 25.8. The zero-order valence-corrected chi connectivity index (χ0v) is 20.5. The summed E-state index contributed by atoms with van der Waals surface area (Å²) in [6.45, 7) is 0. The van der Waals surface area contributed by atoms with Crippen LogP contribution in [0, 0.1) is 0 Å². The fourth-order valence-corrected chi connectivity index (χ4v) is 4.73. The Morgan fingerprint density at radius 3 is 2.35 bits per heavy atom. The van der Waals surface area contributed by atoms with Crippen LogP contribution >= 0.6 is 12.4 Å². The van der Waals surface area contributed by atoms with Gasteiger partial charge < -0.3 is 14.8 Å². The van der Waals surface area contributed by atoms with Gasteiger partial charge in [-0.15, -0.1) is 12.4 Å². The minimum absolute atomic E-state index is 0. The van der Waals surface area contributed by atoms with Gasteiger partial charge in [0, 0.05) is 11.6 Å². The number of hydrogen-bond acceptors (Lipinski definition) is 5. The van der Waals surface area contributed by atoms with E-state index in [0.717, 1.165) is 18.2 Å². The molecule has 4 aromatic carbocycles. The minimum atomic E-state index is -4.54. The fourth-order valence-electron chi connectivity index (χ4n) is 4.19. The number of aromatic hydroxyl groups is 1. The molecule has 0 aliphatic heterocycles. The van der Waals surface area contributed by atoms with Gasteiger partial charge in [0.25, 0.3) is 10.1 Å². The van der Waals surface area contributed by atoms with E-state index in [4.69, 9.17) is 4.74 Å². The number of halogens is 4. The van der Waals surface area contributed by atoms with Gasteiger partial charge in [-0.3, -0.25) is 4.55 Å². The van der Waals surface area contributed by atoms with Crippen LogP contribution in [0.4, 0.5) is 13.2 Å². The van der Waals surface area contributed by atoms with Crippen molar-refractivity contribution < 1.29 is 36.0 Å². The second kappa shape index (κ2) is 9.25. The van der Waals surface area contributed by atoms with Crippen molar-refractivity contribution in [1.29, 1.82) is 0 Å². The van der Waals surface area contributed by atoms with Crippen LogP contribution in [-0.2, 0) is 16.3 Å². The summed E-state index contributed by atoms with van der Waals surface area (Å²) >= 11 is 0. The van der Waals surface area contributed by atoms with E-state index in [1.807, 2.05) is 0 Å². The lowest BCUT2D eigenvalue weighted by Gasteiger charge is -2.14. The number of phenolic OH excluding ortho intramolecular Hbond substituents is 1. The molecule has 0 bridgehead atoms. The Morgan fingerprint density at radius 1 is 0.973 bits per heavy atom. The van der Waals surface area contributed by atoms with Crippen molar-refractivity contribution in [2.24, 2.45) is 0 Å². The highest BCUT2D eigenvalue weighted by atomic mass is 35.5. The number of nitrogens with one attached hydrogen (secondary N) is 1. The van der Waals surface area contributed by atoms with Crippen LogP contribution < -0.4 is 4.74 Å². The van der Waals surface area contributed by atoms with E-state index in [2.05, 4.69) is 9.97 Å². The summed E-state index contributed by atoms with van der Waals surface area (Å²) in [4.78, 5) is 7.23. The topological polar surface area (TPSA) is 113 Å². The second-order valence-electron chi connectivity index (χ2n) is 8.03. The molecule has 0 unspecified atom stereocenters. The molecule has 0 saturated heterocycles. The summed E-state index contributed by atoms with van der Waals surface area (Å²) in [7, 11) is -3.14. The third kappa shape index (κ3) is 4.68. The van der Waals surface area contributed by atoms with Gasteiger partial charge in [0.2, 0.25) is 0 Å². The van der Waals surface area contributed by atoms with Crippen LogP contribution in [0.5, 0.6) is 11.5 Å². The Kier molecular flexibility index (Phi) is 6.57. The van der Waals surface area contributed by atoms with E-state index in [1.165, 1.54) is 19.2 Å². The number of imidazole rings is 1. The standard InChI is InChI=1S/C25H17F3N2O5S.ClH/c1-35-23-17(13-4-2-5-15(10-13)25(26,27)28)6-3-7-18(23)24-29-19-9-8-14-11-16(36(32,33)34)12-20(31)21(14)22(19)30-24;/h2-12,31H,1H3,(H,29,30)(H,32,33,34);1H. The first-order valence-electron chi connectivity index (χ1n) is 10.5.